The molecule has 0 bridgehead atoms. The molecule has 2 aromatic heterocycles. The Kier molecular flexibility index (Phi) is 6.39. The molecule has 0 radical (unpaired) electrons. The summed E-state index contributed by atoms with van der Waals surface area (Å²) in [7, 11) is 0. The first-order valence-electron chi connectivity index (χ1n) is 9.66. The number of carbonyl (C=O) groups is 1. The molecular formula is C23H19BrN4O2S. The molecule has 31 heavy (non-hydrogen) atoms. The normalized spacial score (nSPS) is 10.8. The third kappa shape index (κ3) is 4.98. The highest BCUT2D eigenvalue weighted by atomic mass is 79.9. The van der Waals surface area contributed by atoms with Crippen molar-refractivity contribution in [3.05, 3.63) is 92.8 Å². The minimum Gasteiger partial charge on any atom is -0.350 e. The van der Waals surface area contributed by atoms with E-state index < -0.39 is 0 Å². The van der Waals surface area contributed by atoms with E-state index in [0.717, 1.165) is 25.6 Å². The SMILES string of the molecule is Cc1nc(-c2ccccc2)sc1-c1ccc(=O)n(CCNC(=O)c2ccc(Br)cc2)n1. The molecule has 0 aliphatic carbocycles. The summed E-state index contributed by atoms with van der Waals surface area (Å²) in [5.41, 5.74) is 2.95. The lowest BCUT2D eigenvalue weighted by atomic mass is 10.2. The van der Waals surface area contributed by atoms with Gasteiger partial charge in [-0.3, -0.25) is 9.59 Å². The average molecular weight is 495 g/mol. The number of hydrogen-bond acceptors (Lipinski definition) is 5. The van der Waals surface area contributed by atoms with Gasteiger partial charge in [0.15, 0.2) is 0 Å². The summed E-state index contributed by atoms with van der Waals surface area (Å²) in [5.74, 6) is -0.192. The van der Waals surface area contributed by atoms with Crippen LogP contribution in [0.25, 0.3) is 21.1 Å². The molecule has 2 aromatic carbocycles. The number of aryl methyl sites for hydroxylation is 1. The largest absolute Gasteiger partial charge is 0.350 e. The summed E-state index contributed by atoms with van der Waals surface area (Å²) >= 11 is 4.89. The maximum atomic E-state index is 12.3. The Balaban J connectivity index is 1.49. The van der Waals surface area contributed by atoms with E-state index in [1.54, 1.807) is 29.5 Å². The molecule has 0 spiro atoms. The predicted molar refractivity (Wildman–Crippen MR) is 126 cm³/mol. The summed E-state index contributed by atoms with van der Waals surface area (Å²) in [5, 5.41) is 8.25. The zero-order chi connectivity index (χ0) is 21.8. The Hall–Kier alpha value is -3.10. The number of amides is 1. The van der Waals surface area contributed by atoms with Crippen molar-refractivity contribution in [3.63, 3.8) is 0 Å². The van der Waals surface area contributed by atoms with Gasteiger partial charge >= 0.3 is 0 Å². The van der Waals surface area contributed by atoms with Crippen molar-refractivity contribution in [2.24, 2.45) is 0 Å². The first-order chi connectivity index (χ1) is 15.0. The first kappa shape index (κ1) is 21.1. The second kappa shape index (κ2) is 9.36. The fourth-order valence-electron chi connectivity index (χ4n) is 3.05. The monoisotopic (exact) mass is 494 g/mol. The van der Waals surface area contributed by atoms with Crippen molar-refractivity contribution in [1.29, 1.82) is 0 Å². The van der Waals surface area contributed by atoms with Crippen LogP contribution in [-0.4, -0.2) is 27.2 Å². The van der Waals surface area contributed by atoms with Gasteiger partial charge in [0, 0.05) is 28.2 Å². The van der Waals surface area contributed by atoms with E-state index in [0.29, 0.717) is 17.8 Å². The quantitative estimate of drug-likeness (QED) is 0.426. The molecular weight excluding hydrogens is 476 g/mol. The molecule has 0 aliphatic heterocycles. The molecule has 6 nitrogen and oxygen atoms in total. The molecule has 8 heteroatoms. The minimum atomic E-state index is -0.216. The highest BCUT2D eigenvalue weighted by Gasteiger charge is 2.14. The van der Waals surface area contributed by atoms with Crippen molar-refractivity contribution in [2.45, 2.75) is 13.5 Å². The van der Waals surface area contributed by atoms with E-state index in [2.05, 4.69) is 31.3 Å². The Labute approximate surface area is 191 Å². The molecule has 0 unspecified atom stereocenters. The third-order valence-electron chi connectivity index (χ3n) is 4.63. The molecule has 156 valence electrons. The van der Waals surface area contributed by atoms with Crippen LogP contribution >= 0.6 is 27.3 Å². The summed E-state index contributed by atoms with van der Waals surface area (Å²) in [4.78, 5) is 30.1. The van der Waals surface area contributed by atoms with Gasteiger partial charge in [-0.15, -0.1) is 11.3 Å². The summed E-state index contributed by atoms with van der Waals surface area (Å²) in [6.07, 6.45) is 0. The molecule has 0 fully saturated rings. The average Bonchev–Trinajstić information content (AvgIpc) is 3.17. The van der Waals surface area contributed by atoms with Crippen LogP contribution in [0.3, 0.4) is 0 Å². The second-order valence-corrected chi connectivity index (χ2v) is 8.76. The number of aromatic nitrogens is 3. The van der Waals surface area contributed by atoms with Gasteiger partial charge in [-0.25, -0.2) is 9.67 Å². The number of nitrogens with one attached hydrogen (secondary N) is 1. The highest BCUT2D eigenvalue weighted by Crippen LogP contribution is 2.33. The number of halogens is 1. The number of benzene rings is 2. The fraction of sp³-hybridized carbons (Fsp3) is 0.130. The Morgan fingerprint density at radius 3 is 2.55 bits per heavy atom. The Bertz CT molecular complexity index is 1270. The standard InChI is InChI=1S/C23H19BrN4O2S/c1-15-21(31-23(26-15)17-5-3-2-4-6-17)19-11-12-20(29)28(27-19)14-13-25-22(30)16-7-9-18(24)10-8-16/h2-12H,13-14H2,1H3,(H,25,30). The molecule has 0 saturated heterocycles. The van der Waals surface area contributed by atoms with E-state index in [9.17, 15) is 9.59 Å². The zero-order valence-corrected chi connectivity index (χ0v) is 19.1. The lowest BCUT2D eigenvalue weighted by Gasteiger charge is -2.08. The number of hydrogen-bond donors (Lipinski definition) is 1. The Morgan fingerprint density at radius 1 is 1.06 bits per heavy atom. The summed E-state index contributed by atoms with van der Waals surface area (Å²) in [6, 6.07) is 20.3. The maximum absolute atomic E-state index is 12.3. The van der Waals surface area contributed by atoms with Crippen LogP contribution in [0.4, 0.5) is 0 Å². The van der Waals surface area contributed by atoms with Crippen molar-refractivity contribution < 1.29 is 4.79 Å². The van der Waals surface area contributed by atoms with Crippen molar-refractivity contribution in [3.8, 4) is 21.1 Å². The molecule has 1 N–H and O–H groups in total. The summed E-state index contributed by atoms with van der Waals surface area (Å²) < 4.78 is 2.28. The van der Waals surface area contributed by atoms with E-state index >= 15 is 0 Å². The van der Waals surface area contributed by atoms with Gasteiger partial charge in [0.25, 0.3) is 11.5 Å². The van der Waals surface area contributed by atoms with Gasteiger partial charge in [0.2, 0.25) is 0 Å². The number of thiazole rings is 1. The van der Waals surface area contributed by atoms with Gasteiger partial charge in [-0.1, -0.05) is 46.3 Å². The molecule has 0 aliphatic rings. The second-order valence-electron chi connectivity index (χ2n) is 6.84. The molecule has 1 amide bonds. The van der Waals surface area contributed by atoms with E-state index in [1.807, 2.05) is 49.4 Å². The summed E-state index contributed by atoms with van der Waals surface area (Å²) in [6.45, 7) is 2.51. The predicted octanol–water partition coefficient (Wildman–Crippen LogP) is 4.53. The third-order valence-corrected chi connectivity index (χ3v) is 6.39. The number of nitrogens with zero attached hydrogens (tertiary/aromatic N) is 3. The van der Waals surface area contributed by atoms with Gasteiger partial charge < -0.3 is 5.32 Å². The van der Waals surface area contributed by atoms with E-state index in [1.165, 1.54) is 10.7 Å². The van der Waals surface area contributed by atoms with Crippen LogP contribution < -0.4 is 10.9 Å². The van der Waals surface area contributed by atoms with Crippen LogP contribution in [0.15, 0.2) is 76.0 Å². The van der Waals surface area contributed by atoms with E-state index in [4.69, 9.17) is 0 Å². The van der Waals surface area contributed by atoms with Crippen LogP contribution in [-0.2, 0) is 6.54 Å². The molecule has 2 heterocycles. The van der Waals surface area contributed by atoms with E-state index in [-0.39, 0.29) is 18.0 Å². The maximum Gasteiger partial charge on any atom is 0.266 e. The number of rotatable bonds is 6. The van der Waals surface area contributed by atoms with Crippen molar-refractivity contribution in [2.75, 3.05) is 6.54 Å². The topological polar surface area (TPSA) is 76.9 Å². The Morgan fingerprint density at radius 2 is 1.81 bits per heavy atom. The minimum absolute atomic E-state index is 0.192. The molecule has 0 saturated carbocycles. The number of carbonyl (C=O) groups excluding carboxylic acids is 1. The first-order valence-corrected chi connectivity index (χ1v) is 11.3. The van der Waals surface area contributed by atoms with Crippen LogP contribution in [0.5, 0.6) is 0 Å². The van der Waals surface area contributed by atoms with Gasteiger partial charge in [-0.05, 0) is 37.3 Å². The fourth-order valence-corrected chi connectivity index (χ4v) is 4.35. The van der Waals surface area contributed by atoms with Gasteiger partial charge in [0.05, 0.1) is 17.1 Å². The zero-order valence-electron chi connectivity index (χ0n) is 16.7. The molecule has 4 rings (SSSR count). The van der Waals surface area contributed by atoms with Crippen molar-refractivity contribution in [1.82, 2.24) is 20.1 Å². The van der Waals surface area contributed by atoms with Crippen LogP contribution in [0.2, 0.25) is 0 Å². The van der Waals surface area contributed by atoms with Gasteiger partial charge in [0.1, 0.15) is 10.7 Å². The lowest BCUT2D eigenvalue weighted by Crippen LogP contribution is -2.31. The lowest BCUT2D eigenvalue weighted by molar-refractivity contribution is 0.0951. The molecule has 0 atom stereocenters. The van der Waals surface area contributed by atoms with Gasteiger partial charge in [-0.2, -0.15) is 5.10 Å². The smallest absolute Gasteiger partial charge is 0.266 e. The van der Waals surface area contributed by atoms with Crippen molar-refractivity contribution >= 4 is 33.2 Å². The van der Waals surface area contributed by atoms with Crippen LogP contribution in [0.1, 0.15) is 16.1 Å². The highest BCUT2D eigenvalue weighted by molar-refractivity contribution is 9.10. The molecule has 4 aromatic rings. The van der Waals surface area contributed by atoms with Crippen LogP contribution in [0, 0.1) is 6.92 Å².